The van der Waals surface area contributed by atoms with Gasteiger partial charge in [-0.05, 0) is 26.0 Å². The highest BCUT2D eigenvalue weighted by Crippen LogP contribution is 2.32. The van der Waals surface area contributed by atoms with Crippen molar-refractivity contribution in [3.8, 4) is 22.6 Å². The SMILES string of the molecule is Cc1ccc(-c2nc(N3CCSCC3)ncc2-c2cc(C)no2)cn1. The molecule has 25 heavy (non-hydrogen) atoms. The van der Waals surface area contributed by atoms with Gasteiger partial charge in [-0.25, -0.2) is 9.97 Å². The average Bonchev–Trinajstić information content (AvgIpc) is 3.09. The van der Waals surface area contributed by atoms with Gasteiger partial charge in [-0.2, -0.15) is 11.8 Å². The Kier molecular flexibility index (Phi) is 4.40. The Balaban J connectivity index is 1.81. The molecule has 0 atom stereocenters. The summed E-state index contributed by atoms with van der Waals surface area (Å²) in [6.45, 7) is 5.82. The van der Waals surface area contributed by atoms with Crippen molar-refractivity contribution in [2.45, 2.75) is 13.8 Å². The van der Waals surface area contributed by atoms with Crippen molar-refractivity contribution in [1.82, 2.24) is 20.1 Å². The van der Waals surface area contributed by atoms with Crippen LogP contribution in [0.1, 0.15) is 11.4 Å². The van der Waals surface area contributed by atoms with Crippen molar-refractivity contribution in [2.75, 3.05) is 29.5 Å². The molecular formula is C18H19N5OS. The summed E-state index contributed by atoms with van der Waals surface area (Å²) >= 11 is 1.97. The second kappa shape index (κ2) is 6.84. The molecule has 0 radical (unpaired) electrons. The van der Waals surface area contributed by atoms with E-state index in [0.717, 1.165) is 58.8 Å². The number of rotatable bonds is 3. The fourth-order valence-corrected chi connectivity index (χ4v) is 3.69. The largest absolute Gasteiger partial charge is 0.356 e. The van der Waals surface area contributed by atoms with Crippen molar-refractivity contribution in [3.63, 3.8) is 0 Å². The number of thioether (sulfide) groups is 1. The minimum atomic E-state index is 0.675. The highest BCUT2D eigenvalue weighted by Gasteiger charge is 2.19. The first-order valence-electron chi connectivity index (χ1n) is 8.27. The zero-order valence-electron chi connectivity index (χ0n) is 14.3. The second-order valence-corrected chi connectivity index (χ2v) is 7.28. The van der Waals surface area contributed by atoms with Crippen LogP contribution >= 0.6 is 11.8 Å². The number of aromatic nitrogens is 4. The third-order valence-corrected chi connectivity index (χ3v) is 5.09. The quantitative estimate of drug-likeness (QED) is 0.715. The van der Waals surface area contributed by atoms with E-state index in [1.54, 1.807) is 0 Å². The number of anilines is 1. The summed E-state index contributed by atoms with van der Waals surface area (Å²) in [5.41, 5.74) is 4.42. The highest BCUT2D eigenvalue weighted by molar-refractivity contribution is 7.99. The smallest absolute Gasteiger partial charge is 0.225 e. The molecule has 1 fully saturated rings. The van der Waals surface area contributed by atoms with Crippen LogP contribution in [0.2, 0.25) is 0 Å². The fourth-order valence-electron chi connectivity index (χ4n) is 2.79. The standard InChI is InChI=1S/C18H19N5OS/c1-12-3-4-14(10-19-12)17-15(16-9-13(2)22-24-16)11-20-18(21-17)23-5-7-25-8-6-23/h3-4,9-11H,5-8H2,1-2H3. The van der Waals surface area contributed by atoms with Crippen LogP contribution in [-0.2, 0) is 0 Å². The van der Waals surface area contributed by atoms with Gasteiger partial charge in [0.1, 0.15) is 0 Å². The maximum atomic E-state index is 5.45. The number of hydrogen-bond donors (Lipinski definition) is 0. The lowest BCUT2D eigenvalue weighted by molar-refractivity contribution is 0.427. The van der Waals surface area contributed by atoms with E-state index < -0.39 is 0 Å². The van der Waals surface area contributed by atoms with Crippen molar-refractivity contribution in [3.05, 3.63) is 42.0 Å². The van der Waals surface area contributed by atoms with Gasteiger partial charge in [0.15, 0.2) is 5.76 Å². The van der Waals surface area contributed by atoms with Crippen molar-refractivity contribution in [2.24, 2.45) is 0 Å². The third-order valence-electron chi connectivity index (χ3n) is 4.15. The first-order valence-corrected chi connectivity index (χ1v) is 9.42. The van der Waals surface area contributed by atoms with Gasteiger partial charge in [0.2, 0.25) is 5.95 Å². The van der Waals surface area contributed by atoms with Gasteiger partial charge >= 0.3 is 0 Å². The van der Waals surface area contributed by atoms with Crippen LogP contribution in [0.4, 0.5) is 5.95 Å². The molecule has 128 valence electrons. The molecule has 6 nitrogen and oxygen atoms in total. The zero-order chi connectivity index (χ0) is 17.2. The lowest BCUT2D eigenvalue weighted by Crippen LogP contribution is -2.33. The van der Waals surface area contributed by atoms with E-state index in [9.17, 15) is 0 Å². The van der Waals surface area contributed by atoms with Crippen LogP contribution in [0.15, 0.2) is 35.1 Å². The maximum absolute atomic E-state index is 5.45. The topological polar surface area (TPSA) is 67.9 Å². The average molecular weight is 353 g/mol. The second-order valence-electron chi connectivity index (χ2n) is 6.05. The molecule has 4 rings (SSSR count). The summed E-state index contributed by atoms with van der Waals surface area (Å²) in [4.78, 5) is 16.1. The van der Waals surface area contributed by atoms with Gasteiger partial charge in [-0.1, -0.05) is 5.16 Å². The number of pyridine rings is 1. The molecule has 7 heteroatoms. The Morgan fingerprint density at radius 3 is 2.56 bits per heavy atom. The lowest BCUT2D eigenvalue weighted by Gasteiger charge is -2.26. The summed E-state index contributed by atoms with van der Waals surface area (Å²) in [6, 6.07) is 5.93. The molecule has 0 saturated carbocycles. The lowest BCUT2D eigenvalue weighted by atomic mass is 10.1. The third kappa shape index (κ3) is 3.37. The molecule has 0 unspecified atom stereocenters. The number of nitrogens with zero attached hydrogens (tertiary/aromatic N) is 5. The highest BCUT2D eigenvalue weighted by atomic mass is 32.2. The molecule has 1 saturated heterocycles. The van der Waals surface area contributed by atoms with E-state index in [1.807, 2.05) is 56.2 Å². The Bertz CT molecular complexity index is 871. The molecule has 1 aliphatic heterocycles. The summed E-state index contributed by atoms with van der Waals surface area (Å²) in [6.07, 6.45) is 3.68. The van der Waals surface area contributed by atoms with E-state index in [4.69, 9.17) is 9.51 Å². The molecule has 1 aliphatic rings. The van der Waals surface area contributed by atoms with Crippen molar-refractivity contribution >= 4 is 17.7 Å². The van der Waals surface area contributed by atoms with E-state index in [1.165, 1.54) is 0 Å². The Morgan fingerprint density at radius 2 is 1.88 bits per heavy atom. The van der Waals surface area contributed by atoms with Gasteiger partial charge in [0.05, 0.1) is 17.0 Å². The number of hydrogen-bond acceptors (Lipinski definition) is 7. The van der Waals surface area contributed by atoms with Gasteiger partial charge in [0.25, 0.3) is 0 Å². The molecule has 0 amide bonds. The predicted octanol–water partition coefficient (Wildman–Crippen LogP) is 3.36. The van der Waals surface area contributed by atoms with Crippen LogP contribution in [0, 0.1) is 13.8 Å². The fraction of sp³-hybridized carbons (Fsp3) is 0.333. The van der Waals surface area contributed by atoms with Crippen LogP contribution < -0.4 is 4.90 Å². The van der Waals surface area contributed by atoms with Gasteiger partial charge in [-0.3, -0.25) is 4.98 Å². The van der Waals surface area contributed by atoms with Crippen molar-refractivity contribution in [1.29, 1.82) is 0 Å². The summed E-state index contributed by atoms with van der Waals surface area (Å²) in [5.74, 6) is 3.64. The molecule has 0 N–H and O–H groups in total. The Hall–Kier alpha value is -2.41. The van der Waals surface area contributed by atoms with E-state index in [2.05, 4.69) is 20.0 Å². The molecule has 0 aliphatic carbocycles. The van der Waals surface area contributed by atoms with Crippen LogP contribution in [0.3, 0.4) is 0 Å². The van der Waals surface area contributed by atoms with Gasteiger partial charge in [-0.15, -0.1) is 0 Å². The Morgan fingerprint density at radius 1 is 1.04 bits per heavy atom. The zero-order valence-corrected chi connectivity index (χ0v) is 15.1. The van der Waals surface area contributed by atoms with Crippen LogP contribution in [-0.4, -0.2) is 44.7 Å². The van der Waals surface area contributed by atoms with E-state index >= 15 is 0 Å². The molecule has 3 aromatic rings. The first kappa shape index (κ1) is 16.1. The minimum Gasteiger partial charge on any atom is -0.356 e. The monoisotopic (exact) mass is 353 g/mol. The predicted molar refractivity (Wildman–Crippen MR) is 99.8 cm³/mol. The Labute approximate surface area is 150 Å². The minimum absolute atomic E-state index is 0.675. The van der Waals surface area contributed by atoms with Crippen LogP contribution in [0.25, 0.3) is 22.6 Å². The molecule has 0 aromatic carbocycles. The van der Waals surface area contributed by atoms with Gasteiger partial charge < -0.3 is 9.42 Å². The molecule has 3 aromatic heterocycles. The number of aryl methyl sites for hydroxylation is 2. The molecule has 0 spiro atoms. The van der Waals surface area contributed by atoms with Crippen LogP contribution in [0.5, 0.6) is 0 Å². The molecular weight excluding hydrogens is 334 g/mol. The van der Waals surface area contributed by atoms with E-state index in [-0.39, 0.29) is 0 Å². The summed E-state index contributed by atoms with van der Waals surface area (Å²) in [5, 5.41) is 3.99. The van der Waals surface area contributed by atoms with Crippen molar-refractivity contribution < 1.29 is 4.52 Å². The summed E-state index contributed by atoms with van der Waals surface area (Å²) < 4.78 is 5.45. The maximum Gasteiger partial charge on any atom is 0.225 e. The van der Waals surface area contributed by atoms with E-state index in [0.29, 0.717) is 5.76 Å². The van der Waals surface area contributed by atoms with Gasteiger partial charge in [0, 0.05) is 54.3 Å². The summed E-state index contributed by atoms with van der Waals surface area (Å²) in [7, 11) is 0. The molecule has 0 bridgehead atoms. The molecule has 4 heterocycles. The normalized spacial score (nSPS) is 14.7. The first-order chi connectivity index (χ1) is 12.2.